The molecular formula is C15H15ClOS. The normalized spacial score (nSPS) is 14.2. The summed E-state index contributed by atoms with van der Waals surface area (Å²) in [5, 5.41) is 1.71. The minimum Gasteiger partial charge on any atom is -0.280 e. The lowest BCUT2D eigenvalue weighted by atomic mass is 9.79. The number of hydrogen-bond acceptors (Lipinski definition) is 2. The van der Waals surface area contributed by atoms with Crippen molar-refractivity contribution < 1.29 is 4.79 Å². The maximum Gasteiger partial charge on any atom is 0.232 e. The smallest absolute Gasteiger partial charge is 0.232 e. The number of benzene rings is 1. The number of hydrogen-bond donors (Lipinski definition) is 0. The van der Waals surface area contributed by atoms with Gasteiger partial charge >= 0.3 is 0 Å². The molecule has 0 N–H and O–H groups in total. The van der Waals surface area contributed by atoms with E-state index in [4.69, 9.17) is 11.6 Å². The van der Waals surface area contributed by atoms with Gasteiger partial charge in [0.2, 0.25) is 5.24 Å². The quantitative estimate of drug-likeness (QED) is 0.761. The van der Waals surface area contributed by atoms with Gasteiger partial charge in [-0.1, -0.05) is 35.9 Å². The average Bonchev–Trinajstić information content (AvgIpc) is 2.81. The molecule has 94 valence electrons. The van der Waals surface area contributed by atoms with E-state index in [1.165, 1.54) is 4.88 Å². The summed E-state index contributed by atoms with van der Waals surface area (Å²) < 4.78 is 0. The predicted molar refractivity (Wildman–Crippen MR) is 77.4 cm³/mol. The first-order valence-corrected chi connectivity index (χ1v) is 7.07. The molecule has 1 aromatic carbocycles. The third-order valence-electron chi connectivity index (χ3n) is 3.20. The SMILES string of the molecule is Cc1cccc(C(C)(Cc2cccs2)C(=O)Cl)c1. The highest BCUT2D eigenvalue weighted by atomic mass is 35.5. The molecule has 3 heteroatoms. The Kier molecular flexibility index (Phi) is 3.88. The minimum atomic E-state index is -0.654. The van der Waals surface area contributed by atoms with E-state index in [1.807, 2.05) is 55.6 Å². The largest absolute Gasteiger partial charge is 0.280 e. The highest BCUT2D eigenvalue weighted by Crippen LogP contribution is 2.32. The predicted octanol–water partition coefficient (Wildman–Crippen LogP) is 4.32. The Hall–Kier alpha value is -1.12. The lowest BCUT2D eigenvalue weighted by Gasteiger charge is -2.25. The van der Waals surface area contributed by atoms with Crippen LogP contribution in [-0.2, 0) is 16.6 Å². The van der Waals surface area contributed by atoms with Gasteiger partial charge in [0.15, 0.2) is 0 Å². The first-order valence-electron chi connectivity index (χ1n) is 5.82. The summed E-state index contributed by atoms with van der Waals surface area (Å²) in [6.45, 7) is 3.94. The Balaban J connectivity index is 2.41. The summed E-state index contributed by atoms with van der Waals surface area (Å²) in [5.41, 5.74) is 1.47. The van der Waals surface area contributed by atoms with E-state index in [0.29, 0.717) is 6.42 Å². The van der Waals surface area contributed by atoms with Crippen LogP contribution in [0.25, 0.3) is 0 Å². The van der Waals surface area contributed by atoms with Gasteiger partial charge in [0.25, 0.3) is 0 Å². The number of carbonyl (C=O) groups is 1. The molecular weight excluding hydrogens is 264 g/mol. The van der Waals surface area contributed by atoms with Crippen LogP contribution in [-0.4, -0.2) is 5.24 Å². The maximum absolute atomic E-state index is 11.9. The first kappa shape index (κ1) is 13.3. The zero-order valence-electron chi connectivity index (χ0n) is 10.4. The van der Waals surface area contributed by atoms with Gasteiger partial charge < -0.3 is 0 Å². The molecule has 2 aromatic rings. The Morgan fingerprint density at radius 1 is 1.33 bits per heavy atom. The summed E-state index contributed by atoms with van der Waals surface area (Å²) in [7, 11) is 0. The molecule has 0 aliphatic carbocycles. The van der Waals surface area contributed by atoms with Gasteiger partial charge in [-0.05, 0) is 48.9 Å². The number of halogens is 1. The second-order valence-corrected chi connectivity index (χ2v) is 6.11. The lowest BCUT2D eigenvalue weighted by molar-refractivity contribution is -0.116. The van der Waals surface area contributed by atoms with Crippen molar-refractivity contribution in [2.24, 2.45) is 0 Å². The van der Waals surface area contributed by atoms with E-state index in [-0.39, 0.29) is 5.24 Å². The molecule has 1 unspecified atom stereocenters. The van der Waals surface area contributed by atoms with Crippen molar-refractivity contribution in [2.75, 3.05) is 0 Å². The Labute approximate surface area is 116 Å². The van der Waals surface area contributed by atoms with Crippen LogP contribution in [0.1, 0.15) is 22.9 Å². The molecule has 0 aliphatic heterocycles. The summed E-state index contributed by atoms with van der Waals surface area (Å²) in [6, 6.07) is 12.0. The standard InChI is InChI=1S/C15H15ClOS/c1-11-5-3-6-12(9-11)15(2,14(16)17)10-13-7-4-8-18-13/h3-9H,10H2,1-2H3. The van der Waals surface area contributed by atoms with Crippen molar-refractivity contribution in [3.05, 3.63) is 57.8 Å². The van der Waals surface area contributed by atoms with Crippen molar-refractivity contribution in [2.45, 2.75) is 25.7 Å². The van der Waals surface area contributed by atoms with Crippen LogP contribution in [0.3, 0.4) is 0 Å². The van der Waals surface area contributed by atoms with E-state index < -0.39 is 5.41 Å². The third kappa shape index (κ3) is 2.65. The second kappa shape index (κ2) is 5.25. The molecule has 0 spiro atoms. The third-order valence-corrected chi connectivity index (χ3v) is 4.49. The topological polar surface area (TPSA) is 17.1 Å². The molecule has 1 nitrogen and oxygen atoms in total. The Bertz CT molecular complexity index is 547. The molecule has 1 heterocycles. The molecule has 1 aromatic heterocycles. The van der Waals surface area contributed by atoms with Crippen LogP contribution < -0.4 is 0 Å². The zero-order valence-corrected chi connectivity index (χ0v) is 12.0. The van der Waals surface area contributed by atoms with Crippen LogP contribution in [0, 0.1) is 6.92 Å². The molecule has 0 radical (unpaired) electrons. The van der Waals surface area contributed by atoms with E-state index in [0.717, 1.165) is 11.1 Å². The van der Waals surface area contributed by atoms with Crippen LogP contribution >= 0.6 is 22.9 Å². The number of aryl methyl sites for hydroxylation is 1. The van der Waals surface area contributed by atoms with Gasteiger partial charge in [-0.3, -0.25) is 4.79 Å². The fourth-order valence-corrected chi connectivity index (χ4v) is 3.07. The minimum absolute atomic E-state index is 0.304. The second-order valence-electron chi connectivity index (χ2n) is 4.73. The van der Waals surface area contributed by atoms with E-state index in [2.05, 4.69) is 0 Å². The molecule has 18 heavy (non-hydrogen) atoms. The highest BCUT2D eigenvalue weighted by molar-refractivity contribution is 7.09. The summed E-state index contributed by atoms with van der Waals surface area (Å²) >= 11 is 7.51. The molecule has 0 saturated carbocycles. The molecule has 0 fully saturated rings. The van der Waals surface area contributed by atoms with E-state index in [1.54, 1.807) is 11.3 Å². The van der Waals surface area contributed by atoms with Crippen LogP contribution in [0.4, 0.5) is 0 Å². The first-order chi connectivity index (χ1) is 8.52. The lowest BCUT2D eigenvalue weighted by Crippen LogP contribution is -2.31. The van der Waals surface area contributed by atoms with Crippen molar-refractivity contribution in [3.63, 3.8) is 0 Å². The van der Waals surface area contributed by atoms with Crippen molar-refractivity contribution >= 4 is 28.2 Å². The fraction of sp³-hybridized carbons (Fsp3) is 0.267. The van der Waals surface area contributed by atoms with Gasteiger partial charge in [-0.2, -0.15) is 0 Å². The maximum atomic E-state index is 11.9. The Morgan fingerprint density at radius 2 is 2.11 bits per heavy atom. The summed E-state index contributed by atoms with van der Waals surface area (Å²) in [4.78, 5) is 13.0. The zero-order chi connectivity index (χ0) is 13.2. The highest BCUT2D eigenvalue weighted by Gasteiger charge is 2.34. The molecule has 0 amide bonds. The molecule has 0 saturated heterocycles. The molecule has 2 rings (SSSR count). The van der Waals surface area contributed by atoms with Crippen molar-refractivity contribution in [1.29, 1.82) is 0 Å². The number of rotatable bonds is 4. The van der Waals surface area contributed by atoms with Gasteiger partial charge in [0.1, 0.15) is 0 Å². The van der Waals surface area contributed by atoms with Gasteiger partial charge in [-0.15, -0.1) is 11.3 Å². The Morgan fingerprint density at radius 3 is 2.67 bits per heavy atom. The van der Waals surface area contributed by atoms with Gasteiger partial charge in [-0.25, -0.2) is 0 Å². The van der Waals surface area contributed by atoms with Crippen molar-refractivity contribution in [3.8, 4) is 0 Å². The number of thiophene rings is 1. The molecule has 1 atom stereocenters. The van der Waals surface area contributed by atoms with E-state index >= 15 is 0 Å². The van der Waals surface area contributed by atoms with E-state index in [9.17, 15) is 4.79 Å². The summed E-state index contributed by atoms with van der Waals surface area (Å²) in [5.74, 6) is 0. The molecule has 0 bridgehead atoms. The van der Waals surface area contributed by atoms with Crippen LogP contribution in [0.5, 0.6) is 0 Å². The van der Waals surface area contributed by atoms with Gasteiger partial charge in [0, 0.05) is 4.88 Å². The average molecular weight is 279 g/mol. The van der Waals surface area contributed by atoms with Crippen LogP contribution in [0.2, 0.25) is 0 Å². The summed E-state index contributed by atoms with van der Waals surface area (Å²) in [6.07, 6.45) is 0.649. The fourth-order valence-electron chi connectivity index (χ4n) is 2.03. The monoisotopic (exact) mass is 278 g/mol. The van der Waals surface area contributed by atoms with Gasteiger partial charge in [0.05, 0.1) is 5.41 Å². The van der Waals surface area contributed by atoms with Crippen molar-refractivity contribution in [1.82, 2.24) is 0 Å². The number of carbonyl (C=O) groups excluding carboxylic acids is 1. The van der Waals surface area contributed by atoms with Crippen LogP contribution in [0.15, 0.2) is 41.8 Å². The molecule has 0 aliphatic rings.